The Hall–Kier alpha value is 0.120. The van der Waals surface area contributed by atoms with E-state index in [1.807, 2.05) is 11.4 Å². The summed E-state index contributed by atoms with van der Waals surface area (Å²) in [4.78, 5) is 0. The number of rotatable bonds is 1. The molecule has 0 spiro atoms. The lowest BCUT2D eigenvalue weighted by Gasteiger charge is -2.09. The van der Waals surface area contributed by atoms with E-state index >= 15 is 0 Å². The Kier molecular flexibility index (Phi) is 3.30. The van der Waals surface area contributed by atoms with Crippen LogP contribution in [0.4, 0.5) is 0 Å². The van der Waals surface area contributed by atoms with Crippen molar-refractivity contribution in [2.45, 2.75) is 0 Å². The Labute approximate surface area is 83.6 Å². The lowest BCUT2D eigenvalue weighted by Crippen LogP contribution is -2.06. The zero-order valence-electron chi connectivity index (χ0n) is 6.99. The van der Waals surface area contributed by atoms with Crippen LogP contribution in [0.3, 0.4) is 0 Å². The van der Waals surface area contributed by atoms with Crippen LogP contribution < -0.4 is 0 Å². The van der Waals surface area contributed by atoms with Crippen molar-refractivity contribution in [3.05, 3.63) is 0 Å². The molecule has 2 atom stereocenters. The predicted molar refractivity (Wildman–Crippen MR) is 62.2 cm³/mol. The summed E-state index contributed by atoms with van der Waals surface area (Å²) in [7, 11) is 0. The van der Waals surface area contributed by atoms with Gasteiger partial charge in [-0.1, -0.05) is 11.8 Å². The highest BCUT2D eigenvalue weighted by atomic mass is 32.9. The van der Waals surface area contributed by atoms with Crippen LogP contribution >= 0.6 is 16.6 Å². The van der Waals surface area contributed by atoms with E-state index in [0.29, 0.717) is 0 Å². The van der Waals surface area contributed by atoms with E-state index in [4.69, 9.17) is 24.7 Å². The minimum Gasteiger partial charge on any atom is -0.127 e. The van der Waals surface area contributed by atoms with Crippen molar-refractivity contribution in [2.75, 3.05) is 18.6 Å². The van der Waals surface area contributed by atoms with Crippen molar-refractivity contribution >= 4 is 28.4 Å². The highest BCUT2D eigenvalue weighted by Crippen LogP contribution is 2.65. The van der Waals surface area contributed by atoms with Gasteiger partial charge in [0.25, 0.3) is 0 Å². The van der Waals surface area contributed by atoms with Crippen LogP contribution in [0.15, 0.2) is 0 Å². The maximum Gasteiger partial charge on any atom is 0.0395 e. The van der Waals surface area contributed by atoms with Gasteiger partial charge in [0.2, 0.25) is 0 Å². The third-order valence-electron chi connectivity index (χ3n) is 2.20. The van der Waals surface area contributed by atoms with Gasteiger partial charge >= 0.3 is 0 Å². The molecule has 1 rings (SSSR count). The molecule has 1 aliphatic rings. The number of terminal acetylenes is 2. The fraction of sp³-hybridized carbons (Fsp3) is 0.556. The maximum atomic E-state index is 5.54. The lowest BCUT2D eigenvalue weighted by molar-refractivity contribution is 0.642. The largest absolute Gasteiger partial charge is 0.127 e. The number of hydrogen-bond acceptors (Lipinski definition) is 2. The van der Waals surface area contributed by atoms with Crippen molar-refractivity contribution in [3.8, 4) is 24.7 Å². The molecule has 0 saturated carbocycles. The van der Waals surface area contributed by atoms with Crippen LogP contribution in [0.25, 0.3) is 0 Å². The van der Waals surface area contributed by atoms with E-state index in [2.05, 4.69) is 18.1 Å². The second-order valence-electron chi connectivity index (χ2n) is 2.91. The van der Waals surface area contributed by atoms with Crippen LogP contribution in [0, 0.1) is 36.5 Å². The molecule has 0 bridgehead atoms. The third-order valence-corrected chi connectivity index (χ3v) is 9.89. The third kappa shape index (κ3) is 1.89. The molecule has 1 fully saturated rings. The summed E-state index contributed by atoms with van der Waals surface area (Å²) in [6.07, 6.45) is 14.9. The van der Waals surface area contributed by atoms with E-state index in [1.165, 1.54) is 0 Å². The Balaban J connectivity index is 2.82. The van der Waals surface area contributed by atoms with Gasteiger partial charge in [0, 0.05) is 29.4 Å². The van der Waals surface area contributed by atoms with Gasteiger partial charge in [-0.25, -0.2) is 0 Å². The van der Waals surface area contributed by atoms with Gasteiger partial charge in [-0.15, -0.1) is 36.1 Å². The first-order valence-corrected chi connectivity index (χ1v) is 8.71. The summed E-state index contributed by atoms with van der Waals surface area (Å²) in [6, 6.07) is 0. The zero-order valence-corrected chi connectivity index (χ0v) is 9.51. The molecule has 0 N–H and O–H groups in total. The maximum absolute atomic E-state index is 5.54. The van der Waals surface area contributed by atoms with Crippen molar-refractivity contribution < 1.29 is 0 Å². The molecule has 0 nitrogen and oxygen atoms in total. The minimum absolute atomic E-state index is 0.244. The average Bonchev–Trinajstić information content (AvgIpc) is 2.43. The van der Waals surface area contributed by atoms with E-state index in [1.54, 1.807) is 0 Å². The van der Waals surface area contributed by atoms with Crippen LogP contribution in [-0.4, -0.2) is 18.6 Å². The molecule has 3 heteroatoms. The fourth-order valence-electron chi connectivity index (χ4n) is 1.42. The van der Waals surface area contributed by atoms with E-state index in [-0.39, 0.29) is 11.8 Å². The Morgan fingerprint density at radius 2 is 1.75 bits per heavy atom. The molecule has 1 heterocycles. The fourth-order valence-corrected chi connectivity index (χ4v) is 6.60. The second kappa shape index (κ2) is 3.89. The highest BCUT2D eigenvalue weighted by molar-refractivity contribution is 8.70. The SMILES string of the molecule is C#CC1CP(=S)(SC)CC1C#C. The standard InChI is InChI=1S/C9H11PS2/c1-4-8-6-10(11,12-3)7-9(8)5-2/h1-2,8-9H,6-7H2,3H3. The molecule has 0 aromatic carbocycles. The van der Waals surface area contributed by atoms with Gasteiger partial charge in [0.15, 0.2) is 0 Å². The van der Waals surface area contributed by atoms with Gasteiger partial charge in [-0.3, -0.25) is 0 Å². The van der Waals surface area contributed by atoms with E-state index in [0.717, 1.165) is 12.3 Å². The average molecular weight is 214 g/mol. The molecule has 1 aliphatic heterocycles. The van der Waals surface area contributed by atoms with Crippen LogP contribution in [0.2, 0.25) is 0 Å². The first-order chi connectivity index (χ1) is 5.65. The Morgan fingerprint density at radius 3 is 2.00 bits per heavy atom. The second-order valence-corrected chi connectivity index (χ2v) is 11.6. The molecule has 0 amide bonds. The van der Waals surface area contributed by atoms with Gasteiger partial charge in [0.05, 0.1) is 0 Å². The summed E-state index contributed by atoms with van der Waals surface area (Å²) in [5.74, 6) is 6.01. The van der Waals surface area contributed by atoms with Crippen molar-refractivity contribution in [1.82, 2.24) is 0 Å². The Bertz CT molecular complexity index is 269. The monoisotopic (exact) mass is 214 g/mol. The van der Waals surface area contributed by atoms with Crippen LogP contribution in [0.5, 0.6) is 0 Å². The van der Waals surface area contributed by atoms with E-state index in [9.17, 15) is 0 Å². The zero-order chi connectivity index (χ0) is 9.19. The van der Waals surface area contributed by atoms with Crippen LogP contribution in [0.1, 0.15) is 0 Å². The summed E-state index contributed by atoms with van der Waals surface area (Å²) >= 11 is 7.35. The smallest absolute Gasteiger partial charge is 0.0395 e. The lowest BCUT2D eigenvalue weighted by atomic mass is 9.98. The number of hydrogen-bond donors (Lipinski definition) is 0. The molecule has 0 aliphatic carbocycles. The van der Waals surface area contributed by atoms with Crippen molar-refractivity contribution in [3.63, 3.8) is 0 Å². The first-order valence-electron chi connectivity index (χ1n) is 3.71. The summed E-state index contributed by atoms with van der Waals surface area (Å²) in [6.45, 7) is 0. The first kappa shape index (κ1) is 10.2. The van der Waals surface area contributed by atoms with Gasteiger partial charge in [-0.2, -0.15) is 0 Å². The van der Waals surface area contributed by atoms with Crippen molar-refractivity contribution in [1.29, 1.82) is 0 Å². The molecule has 64 valence electrons. The molecule has 12 heavy (non-hydrogen) atoms. The molecule has 0 aromatic heterocycles. The molecule has 0 radical (unpaired) electrons. The molecule has 1 saturated heterocycles. The summed E-state index contributed by atoms with van der Waals surface area (Å²) in [5, 5.41) is -1.23. The quantitative estimate of drug-likeness (QED) is 0.485. The minimum atomic E-state index is -1.23. The normalized spacial score (nSPS) is 40.2. The topological polar surface area (TPSA) is 0 Å². The molecule has 0 aromatic rings. The van der Waals surface area contributed by atoms with Gasteiger partial charge in [0.1, 0.15) is 0 Å². The summed E-state index contributed by atoms with van der Waals surface area (Å²) in [5.41, 5.74) is 0. The predicted octanol–water partition coefficient (Wildman–Crippen LogP) is 2.26. The van der Waals surface area contributed by atoms with Gasteiger partial charge in [-0.05, 0) is 6.26 Å². The van der Waals surface area contributed by atoms with Crippen LogP contribution in [-0.2, 0) is 11.8 Å². The van der Waals surface area contributed by atoms with Gasteiger partial charge < -0.3 is 0 Å². The summed E-state index contributed by atoms with van der Waals surface area (Å²) < 4.78 is 0. The van der Waals surface area contributed by atoms with E-state index < -0.39 is 5.24 Å². The highest BCUT2D eigenvalue weighted by Gasteiger charge is 2.36. The Morgan fingerprint density at radius 1 is 1.33 bits per heavy atom. The molecular formula is C9H11PS2. The molecule has 2 unspecified atom stereocenters. The van der Waals surface area contributed by atoms with Crippen molar-refractivity contribution in [2.24, 2.45) is 11.8 Å². The molecular weight excluding hydrogens is 203 g/mol.